The predicted molar refractivity (Wildman–Crippen MR) is 87.8 cm³/mol. The maximum absolute atomic E-state index is 13.5. The van der Waals surface area contributed by atoms with E-state index in [-0.39, 0.29) is 36.8 Å². The summed E-state index contributed by atoms with van der Waals surface area (Å²) < 4.78 is 27.0. The molecule has 0 bridgehead atoms. The molecule has 132 valence electrons. The average molecular weight is 337 g/mol. The third kappa shape index (κ3) is 3.18. The second kappa shape index (κ2) is 6.10. The van der Waals surface area contributed by atoms with Crippen molar-refractivity contribution in [3.05, 3.63) is 35.4 Å². The fourth-order valence-corrected chi connectivity index (χ4v) is 4.15. The molecule has 1 saturated carbocycles. The van der Waals surface area contributed by atoms with Gasteiger partial charge in [-0.1, -0.05) is 29.8 Å². The van der Waals surface area contributed by atoms with Gasteiger partial charge in [0.1, 0.15) is 0 Å². The van der Waals surface area contributed by atoms with Crippen molar-refractivity contribution >= 4 is 5.91 Å². The Kier molecular flexibility index (Phi) is 4.41. The third-order valence-corrected chi connectivity index (χ3v) is 5.99. The quantitative estimate of drug-likeness (QED) is 0.910. The second-order valence-corrected chi connectivity index (χ2v) is 7.54. The van der Waals surface area contributed by atoms with Gasteiger partial charge in [0, 0.05) is 25.3 Å². The molecule has 2 fully saturated rings. The molecule has 0 radical (unpaired) electrons. The number of aliphatic hydroxyl groups is 1. The first-order valence-corrected chi connectivity index (χ1v) is 8.64. The van der Waals surface area contributed by atoms with E-state index in [1.165, 1.54) is 0 Å². The van der Waals surface area contributed by atoms with Crippen LogP contribution in [0.4, 0.5) is 8.78 Å². The Morgan fingerprint density at radius 1 is 1.21 bits per heavy atom. The number of likely N-dealkylation sites (tertiary alicyclic amines) is 1. The molecule has 1 heterocycles. The Morgan fingerprint density at radius 2 is 1.79 bits per heavy atom. The van der Waals surface area contributed by atoms with E-state index in [0.29, 0.717) is 19.3 Å². The van der Waals surface area contributed by atoms with Gasteiger partial charge in [0.15, 0.2) is 0 Å². The maximum atomic E-state index is 13.5. The van der Waals surface area contributed by atoms with Crippen LogP contribution in [0.15, 0.2) is 24.3 Å². The van der Waals surface area contributed by atoms with Crippen molar-refractivity contribution in [2.24, 2.45) is 5.41 Å². The number of aryl methyl sites for hydroxylation is 1. The SMILES string of the molecule is Cc1ccc(C(O)CN2C(=O)CC3(CCC(F)(F)CC3)C2C)cc1. The summed E-state index contributed by atoms with van der Waals surface area (Å²) in [6, 6.07) is 7.47. The molecule has 24 heavy (non-hydrogen) atoms. The lowest BCUT2D eigenvalue weighted by Crippen LogP contribution is -2.43. The molecule has 1 spiro atoms. The predicted octanol–water partition coefficient (Wildman–Crippen LogP) is 3.84. The van der Waals surface area contributed by atoms with E-state index < -0.39 is 12.0 Å². The molecule has 0 aromatic heterocycles. The number of carbonyl (C=O) groups is 1. The lowest BCUT2D eigenvalue weighted by atomic mass is 9.68. The Labute approximate surface area is 141 Å². The zero-order valence-corrected chi connectivity index (χ0v) is 14.3. The summed E-state index contributed by atoms with van der Waals surface area (Å²) in [6.07, 6.45) is 0.0499. The monoisotopic (exact) mass is 337 g/mol. The molecule has 1 aromatic carbocycles. The Balaban J connectivity index is 1.70. The van der Waals surface area contributed by atoms with Crippen molar-refractivity contribution in [3.63, 3.8) is 0 Å². The Bertz CT molecular complexity index is 604. The number of hydrogen-bond donors (Lipinski definition) is 1. The van der Waals surface area contributed by atoms with Crippen molar-refractivity contribution in [2.45, 2.75) is 64.0 Å². The van der Waals surface area contributed by atoms with Crippen LogP contribution in [0.2, 0.25) is 0 Å². The minimum atomic E-state index is -2.59. The summed E-state index contributed by atoms with van der Waals surface area (Å²) in [5.74, 6) is -2.62. The van der Waals surface area contributed by atoms with Crippen molar-refractivity contribution in [1.82, 2.24) is 4.90 Å². The number of carbonyl (C=O) groups excluding carboxylic acids is 1. The van der Waals surface area contributed by atoms with Crippen molar-refractivity contribution in [2.75, 3.05) is 6.54 Å². The van der Waals surface area contributed by atoms with Gasteiger partial charge in [0.05, 0.1) is 12.6 Å². The number of rotatable bonds is 3. The lowest BCUT2D eigenvalue weighted by molar-refractivity contribution is -0.130. The highest BCUT2D eigenvalue weighted by Crippen LogP contribution is 2.52. The van der Waals surface area contributed by atoms with Crippen LogP contribution in [0.25, 0.3) is 0 Å². The van der Waals surface area contributed by atoms with Gasteiger partial charge in [-0.05, 0) is 37.7 Å². The minimum absolute atomic E-state index is 0.0288. The van der Waals surface area contributed by atoms with E-state index in [4.69, 9.17) is 0 Å². The van der Waals surface area contributed by atoms with Gasteiger partial charge < -0.3 is 10.0 Å². The third-order valence-electron chi connectivity index (χ3n) is 5.99. The van der Waals surface area contributed by atoms with Gasteiger partial charge in [0.2, 0.25) is 11.8 Å². The standard InChI is InChI=1S/C19H25F2NO2/c1-13-3-5-15(6-4-13)16(23)12-22-14(2)18(11-17(22)24)7-9-19(20,21)10-8-18/h3-6,14,16,23H,7-12H2,1-2H3. The van der Waals surface area contributed by atoms with Gasteiger partial charge in [-0.3, -0.25) is 4.79 Å². The molecular weight excluding hydrogens is 312 g/mol. The largest absolute Gasteiger partial charge is 0.387 e. The number of aliphatic hydroxyl groups excluding tert-OH is 1. The first-order chi connectivity index (χ1) is 11.2. The first kappa shape index (κ1) is 17.3. The van der Waals surface area contributed by atoms with Crippen molar-refractivity contribution < 1.29 is 18.7 Å². The van der Waals surface area contributed by atoms with Crippen LogP contribution in [-0.2, 0) is 4.79 Å². The van der Waals surface area contributed by atoms with Gasteiger partial charge >= 0.3 is 0 Å². The summed E-state index contributed by atoms with van der Waals surface area (Å²) in [4.78, 5) is 14.2. The maximum Gasteiger partial charge on any atom is 0.248 e. The molecule has 5 heteroatoms. The van der Waals surface area contributed by atoms with Crippen molar-refractivity contribution in [3.8, 4) is 0 Å². The molecule has 1 aliphatic carbocycles. The first-order valence-electron chi connectivity index (χ1n) is 8.64. The van der Waals surface area contributed by atoms with Crippen LogP contribution in [0.3, 0.4) is 0 Å². The molecule has 1 aliphatic heterocycles. The highest BCUT2D eigenvalue weighted by molar-refractivity contribution is 5.80. The van der Waals surface area contributed by atoms with E-state index >= 15 is 0 Å². The minimum Gasteiger partial charge on any atom is -0.387 e. The van der Waals surface area contributed by atoms with Crippen molar-refractivity contribution in [1.29, 1.82) is 0 Å². The molecule has 2 atom stereocenters. The van der Waals surface area contributed by atoms with Crippen LogP contribution < -0.4 is 0 Å². The number of nitrogens with zero attached hydrogens (tertiary/aromatic N) is 1. The number of β-amino-alcohol motifs (C(OH)–C–C–N with tert-alkyl or cyclic N) is 1. The highest BCUT2D eigenvalue weighted by Gasteiger charge is 2.53. The molecule has 1 aromatic rings. The van der Waals surface area contributed by atoms with E-state index in [1.807, 2.05) is 38.1 Å². The smallest absolute Gasteiger partial charge is 0.248 e. The lowest BCUT2D eigenvalue weighted by Gasteiger charge is -2.41. The summed E-state index contributed by atoms with van der Waals surface area (Å²) >= 11 is 0. The number of benzene rings is 1. The van der Waals surface area contributed by atoms with E-state index in [1.54, 1.807) is 4.90 Å². The molecule has 2 unspecified atom stereocenters. The van der Waals surface area contributed by atoms with Gasteiger partial charge in [-0.25, -0.2) is 8.78 Å². The summed E-state index contributed by atoms with van der Waals surface area (Å²) in [5.41, 5.74) is 1.53. The summed E-state index contributed by atoms with van der Waals surface area (Å²) in [7, 11) is 0. The van der Waals surface area contributed by atoms with Crippen LogP contribution >= 0.6 is 0 Å². The van der Waals surface area contributed by atoms with Gasteiger partial charge in [-0.2, -0.15) is 0 Å². The van der Waals surface area contributed by atoms with Gasteiger partial charge in [-0.15, -0.1) is 0 Å². The molecule has 1 amide bonds. The van der Waals surface area contributed by atoms with E-state index in [0.717, 1.165) is 11.1 Å². The number of halogens is 2. The molecular formula is C19H25F2NO2. The molecule has 1 N–H and O–H groups in total. The average Bonchev–Trinajstić information content (AvgIpc) is 2.76. The normalized spacial score (nSPS) is 26.8. The molecule has 1 saturated heterocycles. The van der Waals surface area contributed by atoms with Gasteiger partial charge in [0.25, 0.3) is 0 Å². The highest BCUT2D eigenvalue weighted by atomic mass is 19.3. The zero-order chi connectivity index (χ0) is 17.5. The van der Waals surface area contributed by atoms with E-state index in [2.05, 4.69) is 0 Å². The fraction of sp³-hybridized carbons (Fsp3) is 0.632. The molecule has 2 aliphatic rings. The number of amides is 1. The topological polar surface area (TPSA) is 40.5 Å². The zero-order valence-electron chi connectivity index (χ0n) is 14.3. The summed E-state index contributed by atoms with van der Waals surface area (Å²) in [5, 5.41) is 10.5. The molecule has 3 nitrogen and oxygen atoms in total. The summed E-state index contributed by atoms with van der Waals surface area (Å²) in [6.45, 7) is 4.14. The van der Waals surface area contributed by atoms with E-state index in [9.17, 15) is 18.7 Å². The molecule has 3 rings (SSSR count). The Morgan fingerprint density at radius 3 is 2.38 bits per heavy atom. The van der Waals surface area contributed by atoms with Crippen LogP contribution in [0.1, 0.15) is 56.3 Å². The Hall–Kier alpha value is -1.49. The second-order valence-electron chi connectivity index (χ2n) is 7.54. The van der Waals surface area contributed by atoms with Crippen LogP contribution in [0, 0.1) is 12.3 Å². The number of hydrogen-bond acceptors (Lipinski definition) is 2. The number of alkyl halides is 2. The fourth-order valence-electron chi connectivity index (χ4n) is 4.15. The van der Waals surface area contributed by atoms with Crippen LogP contribution in [-0.4, -0.2) is 34.4 Å². The van der Waals surface area contributed by atoms with Crippen LogP contribution in [0.5, 0.6) is 0 Å².